The van der Waals surface area contributed by atoms with E-state index in [2.05, 4.69) is 20.9 Å². The highest BCUT2D eigenvalue weighted by Crippen LogP contribution is 2.26. The van der Waals surface area contributed by atoms with Gasteiger partial charge in [0.25, 0.3) is 11.8 Å². The molecule has 2 amide bonds. The number of fused-ring (bicyclic) bond motifs is 1. The first-order valence-corrected chi connectivity index (χ1v) is 8.56. The summed E-state index contributed by atoms with van der Waals surface area (Å²) in [6.07, 6.45) is 1.43. The monoisotopic (exact) mass is 381 g/mol. The molecule has 0 saturated heterocycles. The Bertz CT molecular complexity index is 1040. The molecule has 2 heterocycles. The van der Waals surface area contributed by atoms with E-state index in [4.69, 9.17) is 4.74 Å². The lowest BCUT2D eigenvalue weighted by Gasteiger charge is -2.13. The van der Waals surface area contributed by atoms with Crippen LogP contribution in [0, 0.1) is 5.82 Å². The average molecular weight is 381 g/mol. The smallest absolute Gasteiger partial charge is 0.274 e. The van der Waals surface area contributed by atoms with E-state index < -0.39 is 11.9 Å². The van der Waals surface area contributed by atoms with Gasteiger partial charge >= 0.3 is 0 Å². The Morgan fingerprint density at radius 3 is 3.00 bits per heavy atom. The van der Waals surface area contributed by atoms with Gasteiger partial charge in [-0.05, 0) is 29.8 Å². The topological polar surface area (TPSA) is 98.1 Å². The van der Waals surface area contributed by atoms with Crippen molar-refractivity contribution in [3.8, 4) is 5.75 Å². The summed E-state index contributed by atoms with van der Waals surface area (Å²) < 4.78 is 20.3. The second-order valence-electron chi connectivity index (χ2n) is 6.25. The summed E-state index contributed by atoms with van der Waals surface area (Å²) in [6, 6.07) is 12.2. The minimum atomic E-state index is -0.881. The van der Waals surface area contributed by atoms with Gasteiger partial charge in [-0.1, -0.05) is 29.5 Å². The van der Waals surface area contributed by atoms with Crippen molar-refractivity contribution in [1.29, 1.82) is 0 Å². The SMILES string of the molecule is O=C(N[C@H]1COc2ccccc2NC1=O)c1cn(Cc2cccc(F)c2)nn1. The van der Waals surface area contributed by atoms with Crippen molar-refractivity contribution in [2.45, 2.75) is 12.6 Å². The summed E-state index contributed by atoms with van der Waals surface area (Å²) in [5, 5.41) is 13.0. The van der Waals surface area contributed by atoms with Gasteiger partial charge in [0.1, 0.15) is 24.2 Å². The van der Waals surface area contributed by atoms with Gasteiger partial charge in [0.15, 0.2) is 5.69 Å². The molecular weight excluding hydrogens is 365 g/mol. The van der Waals surface area contributed by atoms with Crippen LogP contribution in [0.2, 0.25) is 0 Å². The van der Waals surface area contributed by atoms with Crippen molar-refractivity contribution in [2.75, 3.05) is 11.9 Å². The number of aromatic nitrogens is 3. The van der Waals surface area contributed by atoms with Gasteiger partial charge in [0.05, 0.1) is 18.4 Å². The zero-order valence-electron chi connectivity index (χ0n) is 14.6. The van der Waals surface area contributed by atoms with Crippen molar-refractivity contribution in [2.24, 2.45) is 0 Å². The molecule has 1 aromatic heterocycles. The van der Waals surface area contributed by atoms with Crippen LogP contribution in [0.15, 0.2) is 54.7 Å². The molecule has 28 heavy (non-hydrogen) atoms. The van der Waals surface area contributed by atoms with E-state index in [1.165, 1.54) is 23.0 Å². The number of anilines is 1. The molecule has 2 N–H and O–H groups in total. The molecule has 0 spiro atoms. The minimum absolute atomic E-state index is 0.00792. The summed E-state index contributed by atoms with van der Waals surface area (Å²) in [7, 11) is 0. The standard InChI is InChI=1S/C19H16FN5O3/c20-13-5-3-4-12(8-13)9-25-10-15(23-24-25)18(26)22-16-11-28-17-7-2-1-6-14(17)21-19(16)27/h1-8,10,16H,9,11H2,(H,21,27)(H,22,26)/t16-/m0/s1. The van der Waals surface area contributed by atoms with Crippen LogP contribution in [-0.2, 0) is 11.3 Å². The molecule has 2 aromatic carbocycles. The Morgan fingerprint density at radius 1 is 1.29 bits per heavy atom. The van der Waals surface area contributed by atoms with Crippen LogP contribution in [0.3, 0.4) is 0 Å². The molecule has 0 unspecified atom stereocenters. The molecule has 0 aliphatic carbocycles. The van der Waals surface area contributed by atoms with Crippen LogP contribution >= 0.6 is 0 Å². The van der Waals surface area contributed by atoms with Crippen LogP contribution in [0.25, 0.3) is 0 Å². The lowest BCUT2D eigenvalue weighted by atomic mass is 10.2. The van der Waals surface area contributed by atoms with Crippen molar-refractivity contribution >= 4 is 17.5 Å². The van der Waals surface area contributed by atoms with Gasteiger partial charge in [-0.3, -0.25) is 9.59 Å². The molecule has 1 aliphatic heterocycles. The molecule has 1 aliphatic rings. The number of hydrogen-bond donors (Lipinski definition) is 2. The Morgan fingerprint density at radius 2 is 2.14 bits per heavy atom. The number of para-hydroxylation sites is 2. The number of nitrogens with one attached hydrogen (secondary N) is 2. The zero-order valence-corrected chi connectivity index (χ0v) is 14.6. The van der Waals surface area contributed by atoms with E-state index in [-0.39, 0.29) is 30.6 Å². The number of carbonyl (C=O) groups excluding carboxylic acids is 2. The second kappa shape index (κ2) is 7.47. The molecule has 3 aromatic rings. The Kier molecular flexibility index (Phi) is 4.71. The minimum Gasteiger partial charge on any atom is -0.489 e. The fourth-order valence-electron chi connectivity index (χ4n) is 2.81. The van der Waals surface area contributed by atoms with Crippen LogP contribution in [0.5, 0.6) is 5.75 Å². The molecule has 0 saturated carbocycles. The molecule has 4 rings (SSSR count). The predicted octanol–water partition coefficient (Wildman–Crippen LogP) is 1.59. The van der Waals surface area contributed by atoms with E-state index in [0.717, 1.165) is 0 Å². The molecule has 1 atom stereocenters. The Labute approximate surface area is 159 Å². The number of hydrogen-bond acceptors (Lipinski definition) is 5. The molecule has 0 radical (unpaired) electrons. The molecule has 0 bridgehead atoms. The van der Waals surface area contributed by atoms with Gasteiger partial charge in [0, 0.05) is 0 Å². The second-order valence-corrected chi connectivity index (χ2v) is 6.25. The highest BCUT2D eigenvalue weighted by atomic mass is 19.1. The third-order valence-corrected chi connectivity index (χ3v) is 4.18. The molecule has 0 fully saturated rings. The summed E-state index contributed by atoms with van der Waals surface area (Å²) >= 11 is 0. The summed E-state index contributed by atoms with van der Waals surface area (Å²) in [5.41, 5.74) is 1.28. The normalized spacial score (nSPS) is 15.8. The van der Waals surface area contributed by atoms with Crippen LogP contribution in [-0.4, -0.2) is 39.5 Å². The lowest BCUT2D eigenvalue weighted by molar-refractivity contribution is -0.118. The van der Waals surface area contributed by atoms with Gasteiger partial charge in [-0.25, -0.2) is 9.07 Å². The molecule has 142 valence electrons. The number of nitrogens with zero attached hydrogens (tertiary/aromatic N) is 3. The number of halogens is 1. The largest absolute Gasteiger partial charge is 0.489 e. The predicted molar refractivity (Wildman–Crippen MR) is 97.3 cm³/mol. The highest BCUT2D eigenvalue weighted by molar-refractivity contribution is 6.01. The van der Waals surface area contributed by atoms with Gasteiger partial charge in [0.2, 0.25) is 0 Å². The Hall–Kier alpha value is -3.75. The van der Waals surface area contributed by atoms with Crippen molar-refractivity contribution in [3.05, 3.63) is 71.8 Å². The van der Waals surface area contributed by atoms with E-state index in [1.807, 2.05) is 0 Å². The molecule has 9 heteroatoms. The third kappa shape index (κ3) is 3.83. The maximum Gasteiger partial charge on any atom is 0.274 e. The van der Waals surface area contributed by atoms with E-state index in [1.54, 1.807) is 36.4 Å². The molecular formula is C19H16FN5O3. The lowest BCUT2D eigenvalue weighted by Crippen LogP contribution is -2.46. The van der Waals surface area contributed by atoms with Gasteiger partial charge in [-0.15, -0.1) is 5.10 Å². The van der Waals surface area contributed by atoms with Crippen LogP contribution in [0.1, 0.15) is 16.1 Å². The number of amides is 2. The summed E-state index contributed by atoms with van der Waals surface area (Å²) in [5.74, 6) is -0.754. The van der Waals surface area contributed by atoms with E-state index in [0.29, 0.717) is 17.0 Å². The first-order valence-electron chi connectivity index (χ1n) is 8.56. The third-order valence-electron chi connectivity index (χ3n) is 4.18. The van der Waals surface area contributed by atoms with Crippen molar-refractivity contribution in [1.82, 2.24) is 20.3 Å². The summed E-state index contributed by atoms with van der Waals surface area (Å²) in [4.78, 5) is 24.8. The fraction of sp³-hybridized carbons (Fsp3) is 0.158. The number of carbonyl (C=O) groups is 2. The number of benzene rings is 2. The van der Waals surface area contributed by atoms with E-state index in [9.17, 15) is 14.0 Å². The first-order chi connectivity index (χ1) is 13.6. The fourth-order valence-corrected chi connectivity index (χ4v) is 2.81. The maximum atomic E-state index is 13.3. The maximum absolute atomic E-state index is 13.3. The Balaban J connectivity index is 1.41. The van der Waals surface area contributed by atoms with E-state index >= 15 is 0 Å². The average Bonchev–Trinajstić information content (AvgIpc) is 3.08. The van der Waals surface area contributed by atoms with Gasteiger partial charge < -0.3 is 15.4 Å². The first kappa shape index (κ1) is 17.7. The van der Waals surface area contributed by atoms with Gasteiger partial charge in [-0.2, -0.15) is 0 Å². The molecule has 8 nitrogen and oxygen atoms in total. The zero-order chi connectivity index (χ0) is 19.5. The summed E-state index contributed by atoms with van der Waals surface area (Å²) in [6.45, 7) is 0.256. The number of ether oxygens (including phenoxy) is 1. The van der Waals surface area contributed by atoms with Crippen LogP contribution in [0.4, 0.5) is 10.1 Å². The quantitative estimate of drug-likeness (QED) is 0.715. The van der Waals surface area contributed by atoms with Crippen molar-refractivity contribution < 1.29 is 18.7 Å². The number of rotatable bonds is 4. The highest BCUT2D eigenvalue weighted by Gasteiger charge is 2.27. The van der Waals surface area contributed by atoms with Crippen molar-refractivity contribution in [3.63, 3.8) is 0 Å². The van der Waals surface area contributed by atoms with Crippen LogP contribution < -0.4 is 15.4 Å².